The number of hydrogen-bond acceptors (Lipinski definition) is 1. The molecule has 1 aliphatic rings. The summed E-state index contributed by atoms with van der Waals surface area (Å²) in [5, 5.41) is 2.68. The molecule has 0 fully saturated rings. The molecular formula is C27H28F2N2O. The maximum absolute atomic E-state index is 14.2. The molecule has 5 heteroatoms. The molecule has 0 saturated carbocycles. The van der Waals surface area contributed by atoms with Gasteiger partial charge in [-0.1, -0.05) is 48.0 Å². The second-order valence-electron chi connectivity index (χ2n) is 8.63. The van der Waals surface area contributed by atoms with Crippen LogP contribution in [0.4, 0.5) is 19.3 Å². The van der Waals surface area contributed by atoms with E-state index in [0.717, 1.165) is 54.5 Å². The molecule has 2 amide bonds. The number of amides is 2. The molecule has 0 bridgehead atoms. The standard InChI is InChI=1S/C27H28F2N2O/c1-18-10-11-19(2)22(14-18)17-31(27(32)30-26-13-12-23(28)16-25(26)29)24-9-5-8-20-6-3-4-7-21(20)15-24/h3-4,6-7,10-14,16,24H,5,8-9,15,17H2,1-2H3,(H,30,32). The van der Waals surface area contributed by atoms with Gasteiger partial charge in [0.15, 0.2) is 0 Å². The van der Waals surface area contributed by atoms with Crippen molar-refractivity contribution in [2.24, 2.45) is 0 Å². The Morgan fingerprint density at radius 2 is 1.81 bits per heavy atom. The zero-order valence-corrected chi connectivity index (χ0v) is 18.5. The highest BCUT2D eigenvalue weighted by molar-refractivity contribution is 5.89. The SMILES string of the molecule is Cc1ccc(C)c(CN(C(=O)Nc2ccc(F)cc2F)C2CCCc3ccccc3C2)c1. The fourth-order valence-electron chi connectivity index (χ4n) is 4.45. The predicted molar refractivity (Wildman–Crippen MR) is 124 cm³/mol. The smallest absolute Gasteiger partial charge is 0.317 e. The van der Waals surface area contributed by atoms with Crippen LogP contribution in [0.25, 0.3) is 0 Å². The fraction of sp³-hybridized carbons (Fsp3) is 0.296. The molecule has 1 atom stereocenters. The van der Waals surface area contributed by atoms with Crippen molar-refractivity contribution < 1.29 is 13.6 Å². The summed E-state index contributed by atoms with van der Waals surface area (Å²) in [6, 6.07) is 17.4. The molecule has 1 unspecified atom stereocenters. The minimum atomic E-state index is -0.781. The zero-order valence-electron chi connectivity index (χ0n) is 18.5. The third-order valence-electron chi connectivity index (χ3n) is 6.28. The first-order valence-electron chi connectivity index (χ1n) is 11.1. The quantitative estimate of drug-likeness (QED) is 0.463. The van der Waals surface area contributed by atoms with Gasteiger partial charge < -0.3 is 10.2 Å². The molecule has 32 heavy (non-hydrogen) atoms. The van der Waals surface area contributed by atoms with E-state index in [4.69, 9.17) is 0 Å². The maximum atomic E-state index is 14.2. The van der Waals surface area contributed by atoms with E-state index < -0.39 is 11.6 Å². The van der Waals surface area contributed by atoms with E-state index in [0.29, 0.717) is 6.54 Å². The van der Waals surface area contributed by atoms with E-state index >= 15 is 0 Å². The highest BCUT2D eigenvalue weighted by atomic mass is 19.1. The van der Waals surface area contributed by atoms with Gasteiger partial charge >= 0.3 is 6.03 Å². The maximum Gasteiger partial charge on any atom is 0.322 e. The monoisotopic (exact) mass is 434 g/mol. The molecule has 3 aromatic rings. The summed E-state index contributed by atoms with van der Waals surface area (Å²) in [4.78, 5) is 15.2. The summed E-state index contributed by atoms with van der Waals surface area (Å²) in [5.41, 5.74) is 5.86. The fourth-order valence-corrected chi connectivity index (χ4v) is 4.45. The molecule has 4 rings (SSSR count). The summed E-state index contributed by atoms with van der Waals surface area (Å²) in [7, 11) is 0. The van der Waals surface area contributed by atoms with Crippen molar-refractivity contribution >= 4 is 11.7 Å². The van der Waals surface area contributed by atoms with Crippen LogP contribution in [0.3, 0.4) is 0 Å². The third kappa shape index (κ3) is 4.98. The van der Waals surface area contributed by atoms with Crippen molar-refractivity contribution in [1.82, 2.24) is 4.90 Å². The largest absolute Gasteiger partial charge is 0.322 e. The van der Waals surface area contributed by atoms with Crippen LogP contribution in [0.1, 0.15) is 40.7 Å². The van der Waals surface area contributed by atoms with Crippen LogP contribution in [-0.4, -0.2) is 17.0 Å². The lowest BCUT2D eigenvalue weighted by Gasteiger charge is -2.32. The van der Waals surface area contributed by atoms with Gasteiger partial charge in [-0.15, -0.1) is 0 Å². The minimum absolute atomic E-state index is 0.0172. The molecule has 1 N–H and O–H groups in total. The Morgan fingerprint density at radius 3 is 2.59 bits per heavy atom. The number of carbonyl (C=O) groups is 1. The molecule has 0 radical (unpaired) electrons. The number of urea groups is 1. The van der Waals surface area contributed by atoms with Gasteiger partial charge in [0.25, 0.3) is 0 Å². The second kappa shape index (κ2) is 9.51. The lowest BCUT2D eigenvalue weighted by Crippen LogP contribution is -2.43. The van der Waals surface area contributed by atoms with Gasteiger partial charge in [0.05, 0.1) is 5.69 Å². The molecule has 3 aromatic carbocycles. The van der Waals surface area contributed by atoms with Crippen LogP contribution in [-0.2, 0) is 19.4 Å². The molecule has 3 nitrogen and oxygen atoms in total. The molecule has 166 valence electrons. The molecule has 1 aliphatic carbocycles. The Morgan fingerprint density at radius 1 is 1.03 bits per heavy atom. The van der Waals surface area contributed by atoms with Crippen LogP contribution in [0.5, 0.6) is 0 Å². The summed E-state index contributed by atoms with van der Waals surface area (Å²) >= 11 is 0. The Labute approximate surface area is 188 Å². The lowest BCUT2D eigenvalue weighted by atomic mass is 10.00. The summed E-state index contributed by atoms with van der Waals surface area (Å²) in [6.45, 7) is 4.49. The van der Waals surface area contributed by atoms with Gasteiger partial charge in [-0.2, -0.15) is 0 Å². The normalized spacial score (nSPS) is 15.6. The number of fused-ring (bicyclic) bond motifs is 1. The molecule has 0 aliphatic heterocycles. The third-order valence-corrected chi connectivity index (χ3v) is 6.28. The van der Waals surface area contributed by atoms with Gasteiger partial charge in [0, 0.05) is 18.7 Å². The van der Waals surface area contributed by atoms with Crippen molar-refractivity contribution in [2.75, 3.05) is 5.32 Å². The van der Waals surface area contributed by atoms with Crippen molar-refractivity contribution in [3.8, 4) is 0 Å². The van der Waals surface area contributed by atoms with E-state index in [1.807, 2.05) is 24.8 Å². The van der Waals surface area contributed by atoms with E-state index in [-0.39, 0.29) is 17.8 Å². The van der Waals surface area contributed by atoms with E-state index in [1.54, 1.807) is 0 Å². The van der Waals surface area contributed by atoms with E-state index in [2.05, 4.69) is 41.7 Å². The first-order chi connectivity index (χ1) is 15.4. The summed E-state index contributed by atoms with van der Waals surface area (Å²) < 4.78 is 27.6. The van der Waals surface area contributed by atoms with Gasteiger partial charge in [-0.3, -0.25) is 0 Å². The predicted octanol–water partition coefficient (Wildman–Crippen LogP) is 6.56. The van der Waals surface area contributed by atoms with Crippen molar-refractivity contribution in [2.45, 2.75) is 52.1 Å². The number of nitrogens with zero attached hydrogens (tertiary/aromatic N) is 1. The van der Waals surface area contributed by atoms with Crippen LogP contribution < -0.4 is 5.32 Å². The van der Waals surface area contributed by atoms with Crippen LogP contribution in [0.2, 0.25) is 0 Å². The molecule has 0 aromatic heterocycles. The molecular weight excluding hydrogens is 406 g/mol. The molecule has 0 spiro atoms. The second-order valence-corrected chi connectivity index (χ2v) is 8.63. The number of aryl methyl sites for hydroxylation is 3. The first-order valence-corrected chi connectivity index (χ1v) is 11.1. The molecule has 0 heterocycles. The van der Waals surface area contributed by atoms with Gasteiger partial charge in [-0.05, 0) is 73.9 Å². The Bertz CT molecular complexity index is 1130. The highest BCUT2D eigenvalue weighted by Gasteiger charge is 2.27. The summed E-state index contributed by atoms with van der Waals surface area (Å²) in [6.07, 6.45) is 3.57. The lowest BCUT2D eigenvalue weighted by molar-refractivity contribution is 0.178. The number of hydrogen-bond donors (Lipinski definition) is 1. The van der Waals surface area contributed by atoms with Gasteiger partial charge in [-0.25, -0.2) is 13.6 Å². The van der Waals surface area contributed by atoms with Gasteiger partial charge in [0.2, 0.25) is 0 Å². The van der Waals surface area contributed by atoms with Crippen LogP contribution in [0.15, 0.2) is 60.7 Å². The van der Waals surface area contributed by atoms with Gasteiger partial charge in [0.1, 0.15) is 11.6 Å². The van der Waals surface area contributed by atoms with E-state index in [1.165, 1.54) is 17.2 Å². The topological polar surface area (TPSA) is 32.3 Å². The number of benzene rings is 3. The van der Waals surface area contributed by atoms with E-state index in [9.17, 15) is 13.6 Å². The minimum Gasteiger partial charge on any atom is -0.317 e. The number of halogens is 2. The Balaban J connectivity index is 1.65. The summed E-state index contributed by atoms with van der Waals surface area (Å²) in [5.74, 6) is -1.45. The van der Waals surface area contributed by atoms with Crippen LogP contribution >= 0.6 is 0 Å². The first kappa shape index (κ1) is 22.0. The van der Waals surface area contributed by atoms with Crippen molar-refractivity contribution in [1.29, 1.82) is 0 Å². The van der Waals surface area contributed by atoms with Crippen molar-refractivity contribution in [3.05, 3.63) is 100 Å². The highest BCUT2D eigenvalue weighted by Crippen LogP contribution is 2.27. The number of rotatable bonds is 4. The number of nitrogens with one attached hydrogen (secondary N) is 1. The number of anilines is 1. The Kier molecular flexibility index (Phi) is 6.54. The average Bonchev–Trinajstić information content (AvgIpc) is 2.98. The zero-order chi connectivity index (χ0) is 22.7. The Hall–Kier alpha value is -3.21. The number of carbonyl (C=O) groups excluding carboxylic acids is 1. The molecule has 0 saturated heterocycles. The van der Waals surface area contributed by atoms with Crippen molar-refractivity contribution in [3.63, 3.8) is 0 Å². The van der Waals surface area contributed by atoms with Crippen LogP contribution in [0, 0.1) is 25.5 Å². The average molecular weight is 435 g/mol.